The Morgan fingerprint density at radius 2 is 2.22 bits per heavy atom. The van der Waals surface area contributed by atoms with Gasteiger partial charge in [-0.2, -0.15) is 0 Å². The highest BCUT2D eigenvalue weighted by Crippen LogP contribution is 2.25. The van der Waals surface area contributed by atoms with Gasteiger partial charge in [0.2, 0.25) is 0 Å². The zero-order valence-corrected chi connectivity index (χ0v) is 11.9. The molecule has 1 aromatic heterocycles. The smallest absolute Gasteiger partial charge is 0.137 e. The summed E-state index contributed by atoms with van der Waals surface area (Å²) in [5.74, 6) is 0.660. The first-order valence-electron chi connectivity index (χ1n) is 5.41. The van der Waals surface area contributed by atoms with Gasteiger partial charge in [-0.1, -0.05) is 29.9 Å². The molecule has 1 heterocycles. The second kappa shape index (κ2) is 6.18. The summed E-state index contributed by atoms with van der Waals surface area (Å²) < 4.78 is 5.64. The van der Waals surface area contributed by atoms with Gasteiger partial charge in [-0.15, -0.1) is 11.3 Å². The van der Waals surface area contributed by atoms with Crippen LogP contribution in [0.3, 0.4) is 0 Å². The number of thiocarbonyl (C=S) groups is 1. The molecule has 2 N–H and O–H groups in total. The predicted molar refractivity (Wildman–Crippen MR) is 80.9 cm³/mol. The summed E-state index contributed by atoms with van der Waals surface area (Å²) in [4.78, 5) is 1.63. The van der Waals surface area contributed by atoms with Crippen LogP contribution in [0.2, 0.25) is 5.02 Å². The number of ether oxygens (including phenoxy) is 1. The molecule has 0 amide bonds. The molecule has 0 saturated heterocycles. The SMILES string of the molecule is NC(=S)c1ccc(OCCc2cccs2)c(Cl)c1. The number of hydrogen-bond acceptors (Lipinski definition) is 3. The lowest BCUT2D eigenvalue weighted by atomic mass is 10.2. The number of nitrogens with two attached hydrogens (primary N) is 1. The van der Waals surface area contributed by atoms with Crippen LogP contribution in [0.15, 0.2) is 35.7 Å². The number of thiophene rings is 1. The van der Waals surface area contributed by atoms with Crippen LogP contribution in [0, 0.1) is 0 Å². The summed E-state index contributed by atoms with van der Waals surface area (Å²) in [6.07, 6.45) is 0.880. The lowest BCUT2D eigenvalue weighted by Gasteiger charge is -2.08. The fourth-order valence-electron chi connectivity index (χ4n) is 1.49. The summed E-state index contributed by atoms with van der Waals surface area (Å²) in [6.45, 7) is 0.604. The molecule has 0 aliphatic heterocycles. The minimum absolute atomic E-state index is 0.335. The first-order valence-corrected chi connectivity index (χ1v) is 7.08. The van der Waals surface area contributed by atoms with Gasteiger partial charge >= 0.3 is 0 Å². The van der Waals surface area contributed by atoms with Crippen LogP contribution >= 0.6 is 35.2 Å². The van der Waals surface area contributed by atoms with Crippen molar-refractivity contribution in [1.29, 1.82) is 0 Å². The van der Waals surface area contributed by atoms with Crippen molar-refractivity contribution in [2.24, 2.45) is 5.73 Å². The van der Waals surface area contributed by atoms with Gasteiger partial charge in [-0.3, -0.25) is 0 Å². The van der Waals surface area contributed by atoms with Crippen molar-refractivity contribution < 1.29 is 4.74 Å². The summed E-state index contributed by atoms with van der Waals surface area (Å²) in [6, 6.07) is 9.46. The summed E-state index contributed by atoms with van der Waals surface area (Å²) in [5, 5.41) is 2.59. The highest BCUT2D eigenvalue weighted by atomic mass is 35.5. The Hall–Kier alpha value is -1.10. The molecular weight excluding hydrogens is 286 g/mol. The van der Waals surface area contributed by atoms with Gasteiger partial charge in [-0.05, 0) is 29.6 Å². The fourth-order valence-corrected chi connectivity index (χ4v) is 2.54. The molecule has 0 aliphatic carbocycles. The van der Waals surface area contributed by atoms with Crippen molar-refractivity contribution in [3.05, 3.63) is 51.2 Å². The van der Waals surface area contributed by atoms with E-state index in [0.29, 0.717) is 22.4 Å². The van der Waals surface area contributed by atoms with Crippen molar-refractivity contribution in [2.75, 3.05) is 6.61 Å². The largest absolute Gasteiger partial charge is 0.492 e. The average Bonchev–Trinajstić information content (AvgIpc) is 2.84. The minimum atomic E-state index is 0.335. The molecule has 0 aliphatic rings. The lowest BCUT2D eigenvalue weighted by molar-refractivity contribution is 0.323. The normalized spacial score (nSPS) is 10.3. The first kappa shape index (κ1) is 13.3. The van der Waals surface area contributed by atoms with E-state index in [2.05, 4.69) is 11.4 Å². The van der Waals surface area contributed by atoms with E-state index in [9.17, 15) is 0 Å². The molecule has 0 bridgehead atoms. The number of rotatable bonds is 5. The Labute approximate surface area is 120 Å². The number of hydrogen-bond donors (Lipinski definition) is 1. The highest BCUT2D eigenvalue weighted by molar-refractivity contribution is 7.80. The van der Waals surface area contributed by atoms with E-state index in [1.165, 1.54) is 4.88 Å². The van der Waals surface area contributed by atoms with Crippen molar-refractivity contribution in [1.82, 2.24) is 0 Å². The molecule has 2 nitrogen and oxygen atoms in total. The van der Waals surface area contributed by atoms with Crippen molar-refractivity contribution in [2.45, 2.75) is 6.42 Å². The molecule has 0 spiro atoms. The fraction of sp³-hybridized carbons (Fsp3) is 0.154. The van der Waals surface area contributed by atoms with Gasteiger partial charge in [0, 0.05) is 16.9 Å². The van der Waals surface area contributed by atoms with Crippen molar-refractivity contribution >= 4 is 40.1 Å². The number of halogens is 1. The van der Waals surface area contributed by atoms with Gasteiger partial charge in [-0.25, -0.2) is 0 Å². The van der Waals surface area contributed by atoms with Crippen LogP contribution < -0.4 is 10.5 Å². The van der Waals surface area contributed by atoms with Crippen LogP contribution in [0.25, 0.3) is 0 Å². The van der Waals surface area contributed by atoms with Crippen LogP contribution in [-0.2, 0) is 6.42 Å². The van der Waals surface area contributed by atoms with Gasteiger partial charge in [0.05, 0.1) is 11.6 Å². The van der Waals surface area contributed by atoms with Gasteiger partial charge in [0.1, 0.15) is 10.7 Å². The summed E-state index contributed by atoms with van der Waals surface area (Å²) in [7, 11) is 0. The van der Waals surface area contributed by atoms with Gasteiger partial charge in [0.25, 0.3) is 0 Å². The number of benzene rings is 1. The highest BCUT2D eigenvalue weighted by Gasteiger charge is 2.05. The van der Waals surface area contributed by atoms with Crippen LogP contribution in [-0.4, -0.2) is 11.6 Å². The molecule has 0 saturated carbocycles. The third-order valence-electron chi connectivity index (χ3n) is 2.40. The zero-order valence-electron chi connectivity index (χ0n) is 9.56. The Morgan fingerprint density at radius 3 is 2.83 bits per heavy atom. The predicted octanol–water partition coefficient (Wildman–Crippen LogP) is 3.66. The molecule has 1 aromatic carbocycles. The maximum Gasteiger partial charge on any atom is 0.137 e. The Bertz CT molecular complexity index is 540. The first-order chi connectivity index (χ1) is 8.66. The third kappa shape index (κ3) is 3.45. The van der Waals surface area contributed by atoms with E-state index in [0.717, 1.165) is 12.0 Å². The molecular formula is C13H12ClNOS2. The van der Waals surface area contributed by atoms with E-state index >= 15 is 0 Å². The molecule has 0 radical (unpaired) electrons. The van der Waals surface area contributed by atoms with E-state index in [1.54, 1.807) is 23.5 Å². The molecule has 2 aromatic rings. The Kier molecular flexibility index (Phi) is 4.58. The maximum absolute atomic E-state index is 6.10. The van der Waals surface area contributed by atoms with Gasteiger partial charge < -0.3 is 10.5 Å². The third-order valence-corrected chi connectivity index (χ3v) is 3.87. The monoisotopic (exact) mass is 297 g/mol. The second-order valence-corrected chi connectivity index (χ2v) is 5.57. The minimum Gasteiger partial charge on any atom is -0.492 e. The molecule has 18 heavy (non-hydrogen) atoms. The van der Waals surface area contributed by atoms with Crippen molar-refractivity contribution in [3.8, 4) is 5.75 Å². The lowest BCUT2D eigenvalue weighted by Crippen LogP contribution is -2.09. The standard InChI is InChI=1S/C13H12ClNOS2/c14-11-8-9(13(15)17)3-4-12(11)16-6-5-10-2-1-7-18-10/h1-4,7-8H,5-6H2,(H2,15,17). The molecule has 0 unspecified atom stereocenters. The van der Waals surface area contributed by atoms with Crippen molar-refractivity contribution in [3.63, 3.8) is 0 Å². The Morgan fingerprint density at radius 1 is 1.39 bits per heavy atom. The molecule has 2 rings (SSSR count). The van der Waals surface area contributed by atoms with Crippen LogP contribution in [0.1, 0.15) is 10.4 Å². The topological polar surface area (TPSA) is 35.2 Å². The second-order valence-electron chi connectivity index (χ2n) is 3.69. The zero-order chi connectivity index (χ0) is 13.0. The molecule has 5 heteroatoms. The van der Waals surface area contributed by atoms with Crippen LogP contribution in [0.5, 0.6) is 5.75 Å². The van der Waals surface area contributed by atoms with Crippen LogP contribution in [0.4, 0.5) is 0 Å². The van der Waals surface area contributed by atoms with E-state index in [-0.39, 0.29) is 0 Å². The van der Waals surface area contributed by atoms with Gasteiger partial charge in [0.15, 0.2) is 0 Å². The molecule has 0 fully saturated rings. The Balaban J connectivity index is 1.95. The summed E-state index contributed by atoms with van der Waals surface area (Å²) >= 11 is 12.7. The quantitative estimate of drug-likeness (QED) is 0.856. The van der Waals surface area contributed by atoms with E-state index in [1.807, 2.05) is 12.1 Å². The molecule has 0 atom stereocenters. The van der Waals surface area contributed by atoms with E-state index < -0.39 is 0 Å². The summed E-state index contributed by atoms with van der Waals surface area (Å²) in [5.41, 5.74) is 6.28. The van der Waals surface area contributed by atoms with E-state index in [4.69, 9.17) is 34.3 Å². The molecule has 94 valence electrons. The maximum atomic E-state index is 6.10. The average molecular weight is 298 g/mol.